The van der Waals surface area contributed by atoms with Crippen molar-refractivity contribution < 1.29 is 19.0 Å². The van der Waals surface area contributed by atoms with Gasteiger partial charge < -0.3 is 25.0 Å². The van der Waals surface area contributed by atoms with E-state index in [2.05, 4.69) is 0 Å². The number of halogens is 2. The van der Waals surface area contributed by atoms with Crippen LogP contribution in [0.15, 0.2) is 17.1 Å². The third kappa shape index (κ3) is 3.63. The van der Waals surface area contributed by atoms with Crippen molar-refractivity contribution in [1.29, 1.82) is 0 Å². The van der Waals surface area contributed by atoms with Crippen molar-refractivity contribution in [1.82, 2.24) is 4.57 Å². The largest absolute Gasteiger partial charge is 0.492 e. The van der Waals surface area contributed by atoms with Gasteiger partial charge in [0.05, 0.1) is 18.0 Å². The molecule has 1 unspecified atom stereocenters. The van der Waals surface area contributed by atoms with Crippen LogP contribution in [0.4, 0.5) is 10.1 Å². The molecule has 4 rings (SSSR count). The molecule has 1 aliphatic carbocycles. The molecule has 2 aromatic rings. The van der Waals surface area contributed by atoms with Crippen molar-refractivity contribution in [2.75, 3.05) is 25.1 Å². The first-order chi connectivity index (χ1) is 13.6. The summed E-state index contributed by atoms with van der Waals surface area (Å²) in [6.07, 6.45) is 3.95. The number of hydrogen-bond donors (Lipinski definition) is 2. The first kappa shape index (κ1) is 22.4. The Kier molecular flexibility index (Phi) is 5.77. The van der Waals surface area contributed by atoms with Crippen molar-refractivity contribution in [2.24, 2.45) is 11.7 Å². The Morgan fingerprint density at radius 2 is 2.00 bits per heavy atom. The smallest absolute Gasteiger partial charge is 0.341 e. The van der Waals surface area contributed by atoms with E-state index in [0.717, 1.165) is 25.3 Å². The minimum absolute atomic E-state index is 0. The van der Waals surface area contributed by atoms with Crippen LogP contribution in [0, 0.1) is 11.7 Å². The predicted molar refractivity (Wildman–Crippen MR) is 116 cm³/mol. The Hall–Kier alpha value is -2.32. The second kappa shape index (κ2) is 7.74. The lowest BCUT2D eigenvalue weighted by Gasteiger charge is -2.28. The first-order valence-electron chi connectivity index (χ1n) is 9.86. The number of carbonyl (C=O) groups is 1. The van der Waals surface area contributed by atoms with E-state index < -0.39 is 17.2 Å². The summed E-state index contributed by atoms with van der Waals surface area (Å²) >= 11 is 0. The number of ether oxygens (including phenoxy) is 1. The number of anilines is 1. The molecule has 2 heterocycles. The van der Waals surface area contributed by atoms with Crippen LogP contribution in [-0.4, -0.2) is 41.4 Å². The van der Waals surface area contributed by atoms with Crippen LogP contribution in [0.1, 0.15) is 49.5 Å². The van der Waals surface area contributed by atoms with Gasteiger partial charge in [-0.25, -0.2) is 9.18 Å². The number of aromatic carboxylic acids is 1. The van der Waals surface area contributed by atoms with Gasteiger partial charge in [-0.1, -0.05) is 0 Å². The normalized spacial score (nSPS) is 19.1. The van der Waals surface area contributed by atoms with Crippen molar-refractivity contribution in [3.05, 3.63) is 33.9 Å². The Labute approximate surface area is 180 Å². The van der Waals surface area contributed by atoms with Gasteiger partial charge in [-0.2, -0.15) is 0 Å². The van der Waals surface area contributed by atoms with Gasteiger partial charge in [0.2, 0.25) is 5.43 Å². The van der Waals surface area contributed by atoms with E-state index in [0.29, 0.717) is 24.3 Å². The summed E-state index contributed by atoms with van der Waals surface area (Å²) in [6, 6.07) is 1.24. The third-order valence-corrected chi connectivity index (χ3v) is 6.13. The Bertz CT molecular complexity index is 1060. The first-order valence-corrected chi connectivity index (χ1v) is 9.86. The second-order valence-electron chi connectivity index (χ2n) is 8.70. The van der Waals surface area contributed by atoms with Gasteiger partial charge in [0.15, 0.2) is 11.6 Å². The number of rotatable bonds is 5. The van der Waals surface area contributed by atoms with Crippen LogP contribution in [0.25, 0.3) is 10.9 Å². The number of methoxy groups -OCH3 is 1. The Balaban J connectivity index is 0.00000256. The molecule has 30 heavy (non-hydrogen) atoms. The molecule has 7 nitrogen and oxygen atoms in total. The van der Waals surface area contributed by atoms with Crippen molar-refractivity contribution in [3.8, 4) is 5.75 Å². The maximum Gasteiger partial charge on any atom is 0.341 e. The molecule has 1 aromatic heterocycles. The zero-order chi connectivity index (χ0) is 21.1. The monoisotopic (exact) mass is 439 g/mol. The number of pyridine rings is 1. The summed E-state index contributed by atoms with van der Waals surface area (Å²) in [5.41, 5.74) is 5.59. The number of aromatic nitrogens is 1. The standard InChI is InChI=1S/C21H26FN3O4.ClH/c1-21(2,23)11-6-7-24(9-11)17-15(22)8-13-16(19(17)29-3)25(12-4-5-12)10-14(18(13)26)20(27)28;/h8,10-12H,4-7,9,23H2,1-3H3,(H,27,28);1H. The van der Waals surface area contributed by atoms with Gasteiger partial charge >= 0.3 is 5.97 Å². The van der Waals surface area contributed by atoms with Gasteiger partial charge in [-0.3, -0.25) is 4.79 Å². The van der Waals surface area contributed by atoms with Crippen LogP contribution in [0.2, 0.25) is 0 Å². The molecule has 0 spiro atoms. The average Bonchev–Trinajstić information content (AvgIpc) is 3.36. The molecule has 164 valence electrons. The molecule has 9 heteroatoms. The van der Waals surface area contributed by atoms with E-state index in [1.807, 2.05) is 18.7 Å². The quantitative estimate of drug-likeness (QED) is 0.742. The van der Waals surface area contributed by atoms with Crippen LogP contribution in [0.3, 0.4) is 0 Å². The fourth-order valence-electron chi connectivity index (χ4n) is 4.29. The maximum atomic E-state index is 15.3. The zero-order valence-electron chi connectivity index (χ0n) is 17.3. The second-order valence-corrected chi connectivity index (χ2v) is 8.70. The summed E-state index contributed by atoms with van der Waals surface area (Å²) in [6.45, 7) is 5.15. The third-order valence-electron chi connectivity index (χ3n) is 6.13. The lowest BCUT2D eigenvalue weighted by atomic mass is 9.88. The summed E-state index contributed by atoms with van der Waals surface area (Å²) in [5, 5.41) is 9.45. The SMILES string of the molecule is COc1c(N2CCC(C(C)(C)N)C2)c(F)cc2c(=O)c(C(=O)O)cn(C3CC3)c12.Cl. The van der Waals surface area contributed by atoms with E-state index in [4.69, 9.17) is 10.5 Å². The van der Waals surface area contributed by atoms with E-state index in [-0.39, 0.29) is 46.6 Å². The molecular weight excluding hydrogens is 413 g/mol. The van der Waals surface area contributed by atoms with Gasteiger partial charge in [-0.15, -0.1) is 12.4 Å². The van der Waals surface area contributed by atoms with E-state index in [1.165, 1.54) is 13.3 Å². The number of hydrogen-bond acceptors (Lipinski definition) is 5. The number of carboxylic acid groups (broad SMARTS) is 1. The van der Waals surface area contributed by atoms with Crippen LogP contribution >= 0.6 is 12.4 Å². The summed E-state index contributed by atoms with van der Waals surface area (Å²) in [7, 11) is 1.45. The summed E-state index contributed by atoms with van der Waals surface area (Å²) < 4.78 is 22.6. The number of benzene rings is 1. The minimum Gasteiger partial charge on any atom is -0.492 e. The summed E-state index contributed by atoms with van der Waals surface area (Å²) in [5.74, 6) is -1.44. The highest BCUT2D eigenvalue weighted by atomic mass is 35.5. The lowest BCUT2D eigenvalue weighted by molar-refractivity contribution is 0.0695. The molecule has 0 amide bonds. The van der Waals surface area contributed by atoms with E-state index in [1.54, 1.807) is 4.57 Å². The van der Waals surface area contributed by atoms with Crippen molar-refractivity contribution in [3.63, 3.8) is 0 Å². The van der Waals surface area contributed by atoms with E-state index >= 15 is 4.39 Å². The highest BCUT2D eigenvalue weighted by molar-refractivity contribution is 5.97. The molecule has 1 aromatic carbocycles. The van der Waals surface area contributed by atoms with Crippen molar-refractivity contribution in [2.45, 2.75) is 44.7 Å². The highest BCUT2D eigenvalue weighted by Crippen LogP contribution is 2.45. The van der Waals surface area contributed by atoms with Crippen LogP contribution in [0.5, 0.6) is 5.75 Å². The predicted octanol–water partition coefficient (Wildman–Crippen LogP) is 3.17. The van der Waals surface area contributed by atoms with E-state index in [9.17, 15) is 14.7 Å². The number of nitrogens with zero attached hydrogens (tertiary/aromatic N) is 2. The zero-order valence-corrected chi connectivity index (χ0v) is 18.1. The average molecular weight is 440 g/mol. The number of fused-ring (bicyclic) bond motifs is 1. The van der Waals surface area contributed by atoms with Gasteiger partial charge in [0.1, 0.15) is 11.3 Å². The fraction of sp³-hybridized carbons (Fsp3) is 0.524. The molecule has 0 bridgehead atoms. The molecule has 1 saturated carbocycles. The Morgan fingerprint density at radius 1 is 1.33 bits per heavy atom. The molecule has 1 atom stereocenters. The lowest BCUT2D eigenvalue weighted by Crippen LogP contribution is -2.42. The number of nitrogens with two attached hydrogens (primary N) is 1. The minimum atomic E-state index is -1.32. The molecule has 3 N–H and O–H groups in total. The van der Waals surface area contributed by atoms with Gasteiger partial charge in [-0.05, 0) is 45.1 Å². The topological polar surface area (TPSA) is 97.8 Å². The van der Waals surface area contributed by atoms with Gasteiger partial charge in [0, 0.05) is 30.9 Å². The molecule has 2 fully saturated rings. The Morgan fingerprint density at radius 3 is 2.50 bits per heavy atom. The van der Waals surface area contributed by atoms with Crippen LogP contribution in [-0.2, 0) is 0 Å². The summed E-state index contributed by atoms with van der Waals surface area (Å²) in [4.78, 5) is 26.2. The molecule has 1 saturated heterocycles. The molecular formula is C21H27ClFN3O4. The highest BCUT2D eigenvalue weighted by Gasteiger charge is 2.36. The molecule has 0 radical (unpaired) electrons. The molecule has 1 aliphatic heterocycles. The molecule has 2 aliphatic rings. The van der Waals surface area contributed by atoms with Crippen LogP contribution < -0.4 is 20.8 Å². The van der Waals surface area contributed by atoms with Crippen molar-refractivity contribution >= 4 is 35.0 Å². The van der Waals surface area contributed by atoms with Gasteiger partial charge in [0.25, 0.3) is 0 Å². The fourth-order valence-corrected chi connectivity index (χ4v) is 4.29. The maximum absolute atomic E-state index is 15.3. The number of carboxylic acids is 1.